The molecule has 2 amide bonds. The zero-order valence-corrected chi connectivity index (χ0v) is 18.2. The van der Waals surface area contributed by atoms with Gasteiger partial charge in [0.1, 0.15) is 18.2 Å². The number of ether oxygens (including phenoxy) is 2. The molecule has 0 atom stereocenters. The predicted octanol–water partition coefficient (Wildman–Crippen LogP) is 2.10. The van der Waals surface area contributed by atoms with Crippen molar-refractivity contribution in [1.82, 2.24) is 4.90 Å². The number of piperidine rings is 1. The van der Waals surface area contributed by atoms with Crippen molar-refractivity contribution in [2.24, 2.45) is 5.41 Å². The molecule has 166 valence electrons. The summed E-state index contributed by atoms with van der Waals surface area (Å²) in [4.78, 5) is 29.5. The van der Waals surface area contributed by atoms with Gasteiger partial charge < -0.3 is 24.4 Å². The summed E-state index contributed by atoms with van der Waals surface area (Å²) in [6, 6.07) is 2.93. The topological polar surface area (TPSA) is 79.3 Å². The first-order chi connectivity index (χ1) is 14.2. The lowest BCUT2D eigenvalue weighted by atomic mass is 9.73. The molecule has 8 heteroatoms. The van der Waals surface area contributed by atoms with E-state index in [-0.39, 0.29) is 30.8 Å². The monoisotopic (exact) mass is 422 g/mol. The third-order valence-corrected chi connectivity index (χ3v) is 5.89. The number of nitrogens with zero attached hydrogens (tertiary/aromatic N) is 2. The van der Waals surface area contributed by atoms with Gasteiger partial charge in [-0.15, -0.1) is 0 Å². The summed E-state index contributed by atoms with van der Waals surface area (Å²) in [5.74, 6) is -0.347. The maximum Gasteiger partial charge on any atom is 0.238 e. The van der Waals surface area contributed by atoms with Gasteiger partial charge in [0.15, 0.2) is 0 Å². The Morgan fingerprint density at radius 2 is 1.90 bits per heavy atom. The minimum Gasteiger partial charge on any atom is -0.491 e. The molecule has 3 rings (SSSR count). The molecule has 0 unspecified atom stereocenters. The van der Waals surface area contributed by atoms with E-state index in [4.69, 9.17) is 14.6 Å². The molecular weight excluding hydrogens is 391 g/mol. The molecule has 30 heavy (non-hydrogen) atoms. The molecule has 0 aliphatic carbocycles. The molecule has 1 spiro atoms. The summed E-state index contributed by atoms with van der Waals surface area (Å²) >= 11 is 0. The number of anilines is 1. The summed E-state index contributed by atoms with van der Waals surface area (Å²) in [6.45, 7) is 6.90. The number of carbonyl (C=O) groups excluding carboxylic acids is 2. The molecule has 1 fully saturated rings. The first-order valence-corrected chi connectivity index (χ1v) is 10.3. The number of aliphatic hydroxyl groups is 1. The number of rotatable bonds is 6. The molecule has 2 aliphatic heterocycles. The molecule has 2 aliphatic rings. The fraction of sp³-hybridized carbons (Fsp3) is 0.636. The first-order valence-electron chi connectivity index (χ1n) is 10.3. The van der Waals surface area contributed by atoms with Crippen LogP contribution in [0.1, 0.15) is 39.2 Å². The Bertz CT molecular complexity index is 812. The average Bonchev–Trinajstić information content (AvgIpc) is 2.92. The molecule has 0 radical (unpaired) electrons. The van der Waals surface area contributed by atoms with E-state index in [2.05, 4.69) is 0 Å². The van der Waals surface area contributed by atoms with Crippen LogP contribution in [0.3, 0.4) is 0 Å². The summed E-state index contributed by atoms with van der Waals surface area (Å²) < 4.78 is 25.8. The van der Waals surface area contributed by atoms with E-state index in [0.29, 0.717) is 50.3 Å². The molecule has 0 saturated carbocycles. The molecule has 7 nitrogen and oxygen atoms in total. The minimum atomic E-state index is -0.989. The number of methoxy groups -OCH3 is 1. The van der Waals surface area contributed by atoms with Crippen LogP contribution in [0.15, 0.2) is 12.1 Å². The third kappa shape index (κ3) is 3.90. The number of benzene rings is 1. The highest BCUT2D eigenvalue weighted by Gasteiger charge is 2.54. The maximum atomic E-state index is 15.3. The second kappa shape index (κ2) is 8.51. The van der Waals surface area contributed by atoms with Gasteiger partial charge in [0.2, 0.25) is 11.8 Å². The van der Waals surface area contributed by atoms with Gasteiger partial charge in [-0.25, -0.2) is 4.39 Å². The predicted molar refractivity (Wildman–Crippen MR) is 110 cm³/mol. The van der Waals surface area contributed by atoms with Gasteiger partial charge in [-0.3, -0.25) is 9.59 Å². The molecule has 1 aromatic carbocycles. The molecule has 1 aromatic rings. The lowest BCUT2D eigenvalue weighted by molar-refractivity contribution is -0.142. The van der Waals surface area contributed by atoms with Crippen molar-refractivity contribution in [2.75, 3.05) is 51.5 Å². The second-order valence-electron chi connectivity index (χ2n) is 8.95. The standard InChI is InChI=1S/C22H31FN2O5/c1-21(2,3)19(27)24-7-5-22(6-8-24)18-16(23)13-15(30-12-10-26)14-17(18)25(20(22)28)9-11-29-4/h13-14,26H,5-12H2,1-4H3. The van der Waals surface area contributed by atoms with Crippen molar-refractivity contribution in [1.29, 1.82) is 0 Å². The van der Waals surface area contributed by atoms with E-state index in [0.717, 1.165) is 0 Å². The van der Waals surface area contributed by atoms with Crippen LogP contribution in [0.25, 0.3) is 0 Å². The summed E-state index contributed by atoms with van der Waals surface area (Å²) in [7, 11) is 1.55. The Balaban J connectivity index is 1.96. The highest BCUT2D eigenvalue weighted by Crippen LogP contribution is 2.50. The van der Waals surface area contributed by atoms with Crippen molar-refractivity contribution in [3.8, 4) is 5.75 Å². The Labute approximate surface area is 176 Å². The molecule has 0 bridgehead atoms. The van der Waals surface area contributed by atoms with Crippen LogP contribution in [0, 0.1) is 11.2 Å². The lowest BCUT2D eigenvalue weighted by Crippen LogP contribution is -2.52. The largest absolute Gasteiger partial charge is 0.491 e. The highest BCUT2D eigenvalue weighted by atomic mass is 19.1. The van der Waals surface area contributed by atoms with Crippen LogP contribution >= 0.6 is 0 Å². The van der Waals surface area contributed by atoms with E-state index in [1.807, 2.05) is 20.8 Å². The second-order valence-corrected chi connectivity index (χ2v) is 8.95. The fourth-order valence-electron chi connectivity index (χ4n) is 4.41. The summed E-state index contributed by atoms with van der Waals surface area (Å²) in [5, 5.41) is 8.99. The fourth-order valence-corrected chi connectivity index (χ4v) is 4.41. The third-order valence-electron chi connectivity index (χ3n) is 5.89. The first kappa shape index (κ1) is 22.5. The van der Waals surface area contributed by atoms with E-state index in [9.17, 15) is 9.59 Å². The lowest BCUT2D eigenvalue weighted by Gasteiger charge is -2.40. The van der Waals surface area contributed by atoms with Crippen LogP contribution < -0.4 is 9.64 Å². The van der Waals surface area contributed by atoms with Crippen LogP contribution in [-0.2, 0) is 19.7 Å². The zero-order chi connectivity index (χ0) is 22.1. The van der Waals surface area contributed by atoms with E-state index in [1.165, 1.54) is 6.07 Å². The molecular formula is C22H31FN2O5. The summed E-state index contributed by atoms with van der Waals surface area (Å²) in [6.07, 6.45) is 0.746. The Hall–Kier alpha value is -2.19. The number of halogens is 1. The number of fused-ring (bicyclic) bond motifs is 2. The van der Waals surface area contributed by atoms with Gasteiger partial charge in [0, 0.05) is 49.9 Å². The van der Waals surface area contributed by atoms with Gasteiger partial charge in [0.05, 0.1) is 24.3 Å². The number of amides is 2. The summed E-state index contributed by atoms with van der Waals surface area (Å²) in [5.41, 5.74) is -0.628. The number of hydrogen-bond acceptors (Lipinski definition) is 5. The smallest absolute Gasteiger partial charge is 0.238 e. The van der Waals surface area contributed by atoms with Gasteiger partial charge in [-0.1, -0.05) is 20.8 Å². The van der Waals surface area contributed by atoms with Crippen molar-refractivity contribution in [3.63, 3.8) is 0 Å². The number of carbonyl (C=O) groups is 2. The number of hydrogen-bond donors (Lipinski definition) is 1. The van der Waals surface area contributed by atoms with Crippen LogP contribution in [-0.4, -0.2) is 68.4 Å². The minimum absolute atomic E-state index is 0.0347. The molecule has 0 aromatic heterocycles. The number of aliphatic hydroxyl groups excluding tert-OH is 1. The Morgan fingerprint density at radius 1 is 1.23 bits per heavy atom. The zero-order valence-electron chi connectivity index (χ0n) is 18.2. The van der Waals surface area contributed by atoms with E-state index < -0.39 is 16.6 Å². The van der Waals surface area contributed by atoms with Gasteiger partial charge in [-0.05, 0) is 12.8 Å². The van der Waals surface area contributed by atoms with Gasteiger partial charge in [-0.2, -0.15) is 0 Å². The van der Waals surface area contributed by atoms with Gasteiger partial charge in [0.25, 0.3) is 0 Å². The average molecular weight is 422 g/mol. The normalized spacial score (nSPS) is 18.1. The number of likely N-dealkylation sites (tertiary alicyclic amines) is 1. The quantitative estimate of drug-likeness (QED) is 0.760. The van der Waals surface area contributed by atoms with Crippen molar-refractivity contribution < 1.29 is 28.6 Å². The van der Waals surface area contributed by atoms with Crippen LogP contribution in [0.2, 0.25) is 0 Å². The maximum absolute atomic E-state index is 15.3. The Kier molecular flexibility index (Phi) is 6.38. The Morgan fingerprint density at radius 3 is 2.47 bits per heavy atom. The molecule has 1 saturated heterocycles. The van der Waals surface area contributed by atoms with Gasteiger partial charge >= 0.3 is 0 Å². The van der Waals surface area contributed by atoms with E-state index >= 15 is 4.39 Å². The van der Waals surface area contributed by atoms with Crippen LogP contribution in [0.4, 0.5) is 10.1 Å². The van der Waals surface area contributed by atoms with Crippen molar-refractivity contribution in [2.45, 2.75) is 39.0 Å². The van der Waals surface area contributed by atoms with Crippen LogP contribution in [0.5, 0.6) is 5.75 Å². The van der Waals surface area contributed by atoms with E-state index in [1.54, 1.807) is 23.0 Å². The SMILES string of the molecule is COCCN1C(=O)C2(CCN(C(=O)C(C)(C)C)CC2)c2c(F)cc(OCCO)cc21. The van der Waals surface area contributed by atoms with Crippen molar-refractivity contribution in [3.05, 3.63) is 23.5 Å². The molecule has 2 heterocycles. The highest BCUT2D eigenvalue weighted by molar-refractivity contribution is 6.08. The van der Waals surface area contributed by atoms with Crippen molar-refractivity contribution >= 4 is 17.5 Å². The molecule has 1 N–H and O–H groups in total.